The average Bonchev–Trinajstić information content (AvgIpc) is 2.54. The lowest BCUT2D eigenvalue weighted by Crippen LogP contribution is -2.05. The summed E-state index contributed by atoms with van der Waals surface area (Å²) in [6, 6.07) is 10.3. The molecule has 2 atom stereocenters. The van der Waals surface area contributed by atoms with Gasteiger partial charge >= 0.3 is 0 Å². The molecule has 0 aromatic heterocycles. The molecule has 2 rings (SSSR count). The van der Waals surface area contributed by atoms with Gasteiger partial charge in [0.15, 0.2) is 0 Å². The molecule has 0 fully saturated rings. The third-order valence-electron chi connectivity index (χ3n) is 2.83. The second-order valence-corrected chi connectivity index (χ2v) is 7.58. The van der Waals surface area contributed by atoms with Crippen molar-refractivity contribution in [2.75, 3.05) is 5.08 Å². The number of rotatable bonds is 6. The van der Waals surface area contributed by atoms with Crippen LogP contribution in [-0.4, -0.2) is 23.3 Å². The molecule has 0 aliphatic heterocycles. The first kappa shape index (κ1) is 16.9. The standard InChI is InChI=1S/C13H10N2O6S2/c16-14(17)10-1-5-12(6-2-10)22(20)9-23(21)13-7-3-11(4-8-13)15(18)19/h1-8H,9H2. The van der Waals surface area contributed by atoms with E-state index < -0.39 is 31.4 Å². The Balaban J connectivity index is 2.08. The molecule has 8 nitrogen and oxygen atoms in total. The van der Waals surface area contributed by atoms with E-state index in [1.165, 1.54) is 48.5 Å². The van der Waals surface area contributed by atoms with E-state index in [0.717, 1.165) is 0 Å². The van der Waals surface area contributed by atoms with E-state index >= 15 is 0 Å². The van der Waals surface area contributed by atoms with E-state index in [1.807, 2.05) is 0 Å². The topological polar surface area (TPSA) is 120 Å². The van der Waals surface area contributed by atoms with E-state index in [0.29, 0.717) is 9.79 Å². The fourth-order valence-corrected chi connectivity index (χ4v) is 4.42. The van der Waals surface area contributed by atoms with Crippen molar-refractivity contribution in [1.29, 1.82) is 0 Å². The van der Waals surface area contributed by atoms with Gasteiger partial charge in [-0.15, -0.1) is 0 Å². The lowest BCUT2D eigenvalue weighted by atomic mass is 10.3. The highest BCUT2D eigenvalue weighted by atomic mass is 32.2. The molecule has 0 saturated carbocycles. The summed E-state index contributed by atoms with van der Waals surface area (Å²) < 4.78 is 24.2. The molecule has 2 aromatic carbocycles. The third kappa shape index (κ3) is 4.27. The van der Waals surface area contributed by atoms with Gasteiger partial charge in [0.05, 0.1) is 31.4 Å². The molecule has 0 bridgehead atoms. The van der Waals surface area contributed by atoms with Gasteiger partial charge in [0, 0.05) is 34.1 Å². The van der Waals surface area contributed by atoms with Crippen LogP contribution in [0.4, 0.5) is 11.4 Å². The highest BCUT2D eigenvalue weighted by Gasteiger charge is 2.14. The van der Waals surface area contributed by atoms with E-state index in [4.69, 9.17) is 0 Å². The Kier molecular flexibility index (Phi) is 5.29. The summed E-state index contributed by atoms with van der Waals surface area (Å²) in [5, 5.41) is 20.9. The van der Waals surface area contributed by atoms with Crippen molar-refractivity contribution in [2.24, 2.45) is 0 Å². The van der Waals surface area contributed by atoms with Crippen LogP contribution in [-0.2, 0) is 21.6 Å². The number of benzene rings is 2. The largest absolute Gasteiger partial charge is 0.269 e. The van der Waals surface area contributed by atoms with Crippen LogP contribution in [0.5, 0.6) is 0 Å². The fraction of sp³-hybridized carbons (Fsp3) is 0.0769. The van der Waals surface area contributed by atoms with Crippen molar-refractivity contribution in [3.8, 4) is 0 Å². The van der Waals surface area contributed by atoms with Crippen LogP contribution < -0.4 is 0 Å². The molecule has 23 heavy (non-hydrogen) atoms. The number of nitrogens with zero attached hydrogens (tertiary/aromatic N) is 2. The second-order valence-electron chi connectivity index (χ2n) is 4.31. The third-order valence-corrected chi connectivity index (χ3v) is 6.14. The van der Waals surface area contributed by atoms with Gasteiger partial charge in [0.1, 0.15) is 5.08 Å². The zero-order valence-corrected chi connectivity index (χ0v) is 13.1. The van der Waals surface area contributed by atoms with Crippen molar-refractivity contribution >= 4 is 33.0 Å². The highest BCUT2D eigenvalue weighted by Crippen LogP contribution is 2.18. The highest BCUT2D eigenvalue weighted by molar-refractivity contribution is 8.01. The van der Waals surface area contributed by atoms with Crippen LogP contribution in [0.1, 0.15) is 0 Å². The summed E-state index contributed by atoms with van der Waals surface area (Å²) in [6.45, 7) is 0. The summed E-state index contributed by atoms with van der Waals surface area (Å²) in [6.07, 6.45) is 0. The Morgan fingerprint density at radius 1 is 0.696 bits per heavy atom. The number of hydrogen-bond acceptors (Lipinski definition) is 6. The lowest BCUT2D eigenvalue weighted by Gasteiger charge is -2.03. The predicted octanol–water partition coefficient (Wildman–Crippen LogP) is 2.38. The molecular weight excluding hydrogens is 344 g/mol. The molecule has 0 aliphatic carbocycles. The monoisotopic (exact) mass is 354 g/mol. The van der Waals surface area contributed by atoms with Gasteiger partial charge in [0.25, 0.3) is 11.4 Å². The van der Waals surface area contributed by atoms with Crippen LogP contribution in [0.3, 0.4) is 0 Å². The van der Waals surface area contributed by atoms with Gasteiger partial charge in [-0.2, -0.15) is 0 Å². The summed E-state index contributed by atoms with van der Waals surface area (Å²) in [5.74, 6) is 0. The van der Waals surface area contributed by atoms with Crippen LogP contribution >= 0.6 is 0 Å². The predicted molar refractivity (Wildman–Crippen MR) is 83.9 cm³/mol. The van der Waals surface area contributed by atoms with Gasteiger partial charge in [-0.3, -0.25) is 28.6 Å². The molecule has 120 valence electrons. The van der Waals surface area contributed by atoms with Gasteiger partial charge in [0.2, 0.25) is 0 Å². The molecule has 2 aromatic rings. The zero-order valence-electron chi connectivity index (χ0n) is 11.5. The first-order valence-corrected chi connectivity index (χ1v) is 8.78. The van der Waals surface area contributed by atoms with Crippen LogP contribution in [0.15, 0.2) is 58.3 Å². The molecule has 0 N–H and O–H groups in total. The molecule has 0 amide bonds. The Morgan fingerprint density at radius 3 is 1.26 bits per heavy atom. The molecule has 2 unspecified atom stereocenters. The lowest BCUT2D eigenvalue weighted by molar-refractivity contribution is -0.385. The van der Waals surface area contributed by atoms with Crippen molar-refractivity contribution in [3.63, 3.8) is 0 Å². The van der Waals surface area contributed by atoms with Gasteiger partial charge in [-0.05, 0) is 24.3 Å². The smallest absolute Gasteiger partial charge is 0.258 e. The van der Waals surface area contributed by atoms with E-state index in [9.17, 15) is 28.6 Å². The van der Waals surface area contributed by atoms with Crippen LogP contribution in [0, 0.1) is 20.2 Å². The maximum atomic E-state index is 12.1. The van der Waals surface area contributed by atoms with Crippen molar-refractivity contribution in [2.45, 2.75) is 9.79 Å². The summed E-state index contributed by atoms with van der Waals surface area (Å²) in [4.78, 5) is 20.6. The van der Waals surface area contributed by atoms with Crippen molar-refractivity contribution < 1.29 is 18.3 Å². The fourth-order valence-electron chi connectivity index (χ4n) is 1.67. The molecule has 0 heterocycles. The average molecular weight is 354 g/mol. The minimum atomic E-state index is -1.61. The minimum absolute atomic E-state index is 0.123. The SMILES string of the molecule is O=[N+]([O-])c1ccc(S(=O)CS(=O)c2ccc([N+](=O)[O-])cc2)cc1. The van der Waals surface area contributed by atoms with Gasteiger partial charge in [-0.1, -0.05) is 0 Å². The molecule has 0 spiro atoms. The number of non-ortho nitro benzene ring substituents is 2. The number of hydrogen-bond donors (Lipinski definition) is 0. The Morgan fingerprint density at radius 2 is 1.00 bits per heavy atom. The maximum Gasteiger partial charge on any atom is 0.269 e. The van der Waals surface area contributed by atoms with Crippen LogP contribution in [0.25, 0.3) is 0 Å². The Hall–Kier alpha value is -2.46. The molecule has 0 radical (unpaired) electrons. The normalized spacial score (nSPS) is 13.2. The van der Waals surface area contributed by atoms with E-state index in [2.05, 4.69) is 0 Å². The quantitative estimate of drug-likeness (QED) is 0.580. The Bertz CT molecular complexity index is 722. The molecule has 0 aliphatic rings. The van der Waals surface area contributed by atoms with Crippen molar-refractivity contribution in [1.82, 2.24) is 0 Å². The van der Waals surface area contributed by atoms with Crippen LogP contribution in [0.2, 0.25) is 0 Å². The van der Waals surface area contributed by atoms with E-state index in [-0.39, 0.29) is 16.5 Å². The number of nitro groups is 2. The van der Waals surface area contributed by atoms with Gasteiger partial charge in [-0.25, -0.2) is 0 Å². The zero-order chi connectivity index (χ0) is 17.0. The minimum Gasteiger partial charge on any atom is -0.258 e. The van der Waals surface area contributed by atoms with Crippen molar-refractivity contribution in [3.05, 3.63) is 68.8 Å². The maximum absolute atomic E-state index is 12.1. The Labute approximate surface area is 135 Å². The number of nitro benzene ring substituents is 2. The summed E-state index contributed by atoms with van der Waals surface area (Å²) in [7, 11) is -3.21. The first-order valence-electron chi connectivity index (χ1n) is 6.14. The first-order chi connectivity index (χ1) is 10.9. The summed E-state index contributed by atoms with van der Waals surface area (Å²) >= 11 is 0. The molecule has 0 saturated heterocycles. The van der Waals surface area contributed by atoms with Gasteiger partial charge < -0.3 is 0 Å². The molecule has 10 heteroatoms. The summed E-state index contributed by atoms with van der Waals surface area (Å²) in [5.41, 5.74) is -0.246. The second kappa shape index (κ2) is 7.20. The van der Waals surface area contributed by atoms with E-state index in [1.54, 1.807) is 0 Å². The molecular formula is C13H10N2O6S2.